The van der Waals surface area contributed by atoms with Gasteiger partial charge in [0, 0.05) is 17.2 Å². The van der Waals surface area contributed by atoms with Crippen LogP contribution >= 0.6 is 0 Å². The second-order valence-corrected chi connectivity index (χ2v) is 8.21. The Morgan fingerprint density at radius 3 is 2.22 bits per heavy atom. The van der Waals surface area contributed by atoms with Crippen molar-refractivity contribution >= 4 is 23.5 Å². The summed E-state index contributed by atoms with van der Waals surface area (Å²) >= 11 is 0. The lowest BCUT2D eigenvalue weighted by molar-refractivity contribution is -0.119. The van der Waals surface area contributed by atoms with Crippen molar-refractivity contribution in [3.63, 3.8) is 0 Å². The number of hydrogen-bond donors (Lipinski definition) is 2. The highest BCUT2D eigenvalue weighted by Gasteiger charge is 2.31. The monoisotopic (exact) mass is 374 g/mol. The minimum atomic E-state index is -0.711. The van der Waals surface area contributed by atoms with Crippen LogP contribution in [0.25, 0.3) is 0 Å². The van der Waals surface area contributed by atoms with Crippen LogP contribution in [0.1, 0.15) is 64.2 Å². The van der Waals surface area contributed by atoms with E-state index < -0.39 is 17.7 Å². The maximum absolute atomic E-state index is 12.7. The van der Waals surface area contributed by atoms with Crippen LogP contribution in [0.15, 0.2) is 24.3 Å². The van der Waals surface area contributed by atoms with Crippen LogP contribution in [0, 0.1) is 11.8 Å². The van der Waals surface area contributed by atoms with Crippen molar-refractivity contribution in [2.24, 2.45) is 11.8 Å². The Hall–Kier alpha value is -2.37. The Morgan fingerprint density at radius 2 is 1.74 bits per heavy atom. The van der Waals surface area contributed by atoms with Gasteiger partial charge in [-0.25, -0.2) is 4.79 Å². The number of rotatable bonds is 7. The van der Waals surface area contributed by atoms with Crippen molar-refractivity contribution in [3.05, 3.63) is 29.8 Å². The second kappa shape index (κ2) is 8.55. The van der Waals surface area contributed by atoms with Gasteiger partial charge in [0.25, 0.3) is 0 Å². The average Bonchev–Trinajstić information content (AvgIpc) is 3.42. The molecule has 6 nitrogen and oxygen atoms in total. The van der Waals surface area contributed by atoms with Crippen molar-refractivity contribution in [1.29, 1.82) is 0 Å². The van der Waals surface area contributed by atoms with Gasteiger partial charge >= 0.3 is 6.09 Å². The van der Waals surface area contributed by atoms with Gasteiger partial charge in [-0.05, 0) is 63.8 Å². The molecule has 2 atom stereocenters. The molecule has 0 bridgehead atoms. The zero-order valence-corrected chi connectivity index (χ0v) is 16.8. The fourth-order valence-electron chi connectivity index (χ4n) is 2.66. The molecule has 0 aliphatic heterocycles. The van der Waals surface area contributed by atoms with Crippen LogP contribution in [0.4, 0.5) is 10.5 Å². The fourth-order valence-corrected chi connectivity index (χ4v) is 2.66. The molecule has 2 unspecified atom stereocenters. The smallest absolute Gasteiger partial charge is 0.408 e. The second-order valence-electron chi connectivity index (χ2n) is 8.21. The minimum absolute atomic E-state index is 0.0618. The molecule has 1 saturated carbocycles. The van der Waals surface area contributed by atoms with E-state index in [-0.39, 0.29) is 23.5 Å². The first-order valence-corrected chi connectivity index (χ1v) is 9.55. The van der Waals surface area contributed by atoms with E-state index in [0.717, 1.165) is 19.3 Å². The molecule has 2 rings (SSSR count). The highest BCUT2D eigenvalue weighted by atomic mass is 16.6. The van der Waals surface area contributed by atoms with Crippen molar-refractivity contribution in [2.75, 3.05) is 5.32 Å². The standard InChI is InChI=1S/C21H30N2O4/c1-6-13(2)17(23-20(26)27-21(3,4)5)19(25)22-16-11-9-15(10-12-16)18(24)14-7-8-14/h9-14,17H,6-8H2,1-5H3,(H,22,25)(H,23,26). The molecule has 6 heteroatoms. The largest absolute Gasteiger partial charge is 0.444 e. The van der Waals surface area contributed by atoms with Gasteiger partial charge in [0.05, 0.1) is 0 Å². The molecule has 1 aromatic rings. The zero-order chi connectivity index (χ0) is 20.2. The summed E-state index contributed by atoms with van der Waals surface area (Å²) in [4.78, 5) is 36.9. The number of anilines is 1. The molecular formula is C21H30N2O4. The van der Waals surface area contributed by atoms with E-state index in [4.69, 9.17) is 4.74 Å². The molecule has 0 saturated heterocycles. The summed E-state index contributed by atoms with van der Waals surface area (Å²) in [6.07, 6.45) is 2.03. The van der Waals surface area contributed by atoms with Crippen LogP contribution in [-0.2, 0) is 9.53 Å². The van der Waals surface area contributed by atoms with E-state index in [9.17, 15) is 14.4 Å². The third-order valence-corrected chi connectivity index (χ3v) is 4.55. The van der Waals surface area contributed by atoms with Crippen molar-refractivity contribution in [1.82, 2.24) is 5.32 Å². The van der Waals surface area contributed by atoms with Crippen LogP contribution in [-0.4, -0.2) is 29.4 Å². The molecule has 1 fully saturated rings. The SMILES string of the molecule is CCC(C)C(NC(=O)OC(C)(C)C)C(=O)Nc1ccc(C(=O)C2CC2)cc1. The summed E-state index contributed by atoms with van der Waals surface area (Å²) in [6, 6.07) is 6.19. The number of ether oxygens (including phenoxy) is 1. The van der Waals surface area contributed by atoms with Gasteiger partial charge in [-0.1, -0.05) is 20.3 Å². The Kier molecular flexibility index (Phi) is 6.63. The van der Waals surface area contributed by atoms with Crippen molar-refractivity contribution in [2.45, 2.75) is 65.5 Å². The lowest BCUT2D eigenvalue weighted by Crippen LogP contribution is -2.49. The van der Waals surface area contributed by atoms with E-state index in [1.165, 1.54) is 0 Å². The average molecular weight is 374 g/mol. The maximum Gasteiger partial charge on any atom is 0.408 e. The Morgan fingerprint density at radius 1 is 1.15 bits per heavy atom. The predicted molar refractivity (Wildman–Crippen MR) is 105 cm³/mol. The van der Waals surface area contributed by atoms with Gasteiger partial charge < -0.3 is 15.4 Å². The number of carbonyl (C=O) groups excluding carboxylic acids is 3. The number of Topliss-reactive ketones (excluding diaryl/α,β-unsaturated/α-hetero) is 1. The van der Waals surface area contributed by atoms with E-state index in [0.29, 0.717) is 11.3 Å². The number of nitrogens with one attached hydrogen (secondary N) is 2. The molecule has 2 amide bonds. The van der Waals surface area contributed by atoms with E-state index >= 15 is 0 Å². The minimum Gasteiger partial charge on any atom is -0.444 e. The summed E-state index contributed by atoms with van der Waals surface area (Å²) in [7, 11) is 0. The quantitative estimate of drug-likeness (QED) is 0.702. The Labute approximate surface area is 161 Å². The Balaban J connectivity index is 2.02. The molecule has 1 aliphatic rings. The van der Waals surface area contributed by atoms with Crippen LogP contribution < -0.4 is 10.6 Å². The summed E-state index contributed by atoms with van der Waals surface area (Å²) in [5, 5.41) is 5.49. The van der Waals surface area contributed by atoms with Gasteiger partial charge in [-0.3, -0.25) is 9.59 Å². The number of alkyl carbamates (subject to hydrolysis) is 1. The molecule has 0 aromatic heterocycles. The van der Waals surface area contributed by atoms with Crippen LogP contribution in [0.3, 0.4) is 0 Å². The Bertz CT molecular complexity index is 687. The molecular weight excluding hydrogens is 344 g/mol. The lowest BCUT2D eigenvalue weighted by atomic mass is 9.98. The van der Waals surface area contributed by atoms with E-state index in [1.54, 1.807) is 45.0 Å². The molecule has 27 heavy (non-hydrogen) atoms. The maximum atomic E-state index is 12.7. The van der Waals surface area contributed by atoms with E-state index in [1.807, 2.05) is 13.8 Å². The molecule has 148 valence electrons. The number of hydrogen-bond acceptors (Lipinski definition) is 4. The first kappa shape index (κ1) is 20.9. The summed E-state index contributed by atoms with van der Waals surface area (Å²) in [5.74, 6) is -0.0417. The highest BCUT2D eigenvalue weighted by molar-refractivity contribution is 6.00. The summed E-state index contributed by atoms with van der Waals surface area (Å²) < 4.78 is 5.27. The van der Waals surface area contributed by atoms with Crippen molar-refractivity contribution < 1.29 is 19.1 Å². The molecule has 1 aliphatic carbocycles. The zero-order valence-electron chi connectivity index (χ0n) is 16.8. The summed E-state index contributed by atoms with van der Waals surface area (Å²) in [6.45, 7) is 9.18. The third kappa shape index (κ3) is 6.38. The fraction of sp³-hybridized carbons (Fsp3) is 0.571. The molecule has 0 radical (unpaired) electrons. The third-order valence-electron chi connectivity index (χ3n) is 4.55. The predicted octanol–water partition coefficient (Wildman–Crippen LogP) is 4.16. The summed E-state index contributed by atoms with van der Waals surface area (Å²) in [5.41, 5.74) is 0.623. The van der Waals surface area contributed by atoms with Gasteiger partial charge in [0.15, 0.2) is 5.78 Å². The molecule has 0 spiro atoms. The van der Waals surface area contributed by atoms with Gasteiger partial charge in [-0.2, -0.15) is 0 Å². The van der Waals surface area contributed by atoms with Gasteiger partial charge in [-0.15, -0.1) is 0 Å². The number of ketones is 1. The first-order chi connectivity index (χ1) is 12.6. The number of carbonyl (C=O) groups is 3. The van der Waals surface area contributed by atoms with Gasteiger partial charge in [0.2, 0.25) is 5.91 Å². The van der Waals surface area contributed by atoms with Crippen LogP contribution in [0.5, 0.6) is 0 Å². The lowest BCUT2D eigenvalue weighted by Gasteiger charge is -2.26. The number of benzene rings is 1. The highest BCUT2D eigenvalue weighted by Crippen LogP contribution is 2.32. The normalized spacial score (nSPS) is 16.2. The van der Waals surface area contributed by atoms with Crippen molar-refractivity contribution in [3.8, 4) is 0 Å². The van der Waals surface area contributed by atoms with Gasteiger partial charge in [0.1, 0.15) is 11.6 Å². The number of amides is 2. The first-order valence-electron chi connectivity index (χ1n) is 9.55. The molecule has 1 aromatic carbocycles. The molecule has 0 heterocycles. The van der Waals surface area contributed by atoms with E-state index in [2.05, 4.69) is 10.6 Å². The molecule has 2 N–H and O–H groups in total. The topological polar surface area (TPSA) is 84.5 Å². The van der Waals surface area contributed by atoms with Crippen LogP contribution in [0.2, 0.25) is 0 Å².